The van der Waals surface area contributed by atoms with Crippen LogP contribution in [0.5, 0.6) is 0 Å². The van der Waals surface area contributed by atoms with Crippen LogP contribution in [0.25, 0.3) is 11.0 Å². The molecule has 1 aliphatic heterocycles. The molecule has 1 aromatic carbocycles. The molecule has 0 bridgehead atoms. The second kappa shape index (κ2) is 7.84. The van der Waals surface area contributed by atoms with Crippen molar-refractivity contribution in [3.05, 3.63) is 58.9 Å². The lowest BCUT2D eigenvalue weighted by Crippen LogP contribution is -2.50. The number of nitrogens with zero attached hydrogens (tertiary/aromatic N) is 3. The Hall–Kier alpha value is -3.47. The van der Waals surface area contributed by atoms with Crippen molar-refractivity contribution in [2.45, 2.75) is 55.0 Å². The molecule has 1 saturated carbocycles. The highest BCUT2D eigenvalue weighted by Crippen LogP contribution is 2.44. The van der Waals surface area contributed by atoms with Gasteiger partial charge in [-0.2, -0.15) is 0 Å². The van der Waals surface area contributed by atoms with Crippen molar-refractivity contribution in [1.82, 2.24) is 15.3 Å². The summed E-state index contributed by atoms with van der Waals surface area (Å²) in [6, 6.07) is 9.06. The Balaban J connectivity index is 1.65. The second-order valence-corrected chi connectivity index (χ2v) is 10.5. The number of nitro groups is 1. The van der Waals surface area contributed by atoms with Gasteiger partial charge < -0.3 is 10.3 Å². The van der Waals surface area contributed by atoms with Crippen LogP contribution < -0.4 is 9.62 Å². The van der Waals surface area contributed by atoms with Crippen LogP contribution in [0.4, 0.5) is 11.4 Å². The Kier molecular flexibility index (Phi) is 5.08. The summed E-state index contributed by atoms with van der Waals surface area (Å²) in [6.45, 7) is 0. The van der Waals surface area contributed by atoms with Crippen molar-refractivity contribution in [3.8, 4) is 0 Å². The molecule has 1 amide bonds. The van der Waals surface area contributed by atoms with E-state index in [1.807, 2.05) is 0 Å². The lowest BCUT2D eigenvalue weighted by molar-refractivity contribution is -0.384. The van der Waals surface area contributed by atoms with Gasteiger partial charge in [0.25, 0.3) is 10.0 Å². The number of hydrogen-bond acceptors (Lipinski definition) is 6. The molecular weight excluding hydrogens is 446 g/mol. The fraction of sp³-hybridized carbons (Fsp3) is 0.364. The molecule has 3 aromatic rings. The molecule has 1 aliphatic carbocycles. The first-order valence-electron chi connectivity index (χ1n) is 10.8. The predicted octanol–water partition coefficient (Wildman–Crippen LogP) is 3.26. The van der Waals surface area contributed by atoms with Crippen LogP contribution in [0.3, 0.4) is 0 Å². The van der Waals surface area contributed by atoms with Gasteiger partial charge in [-0.1, -0.05) is 18.2 Å². The molecule has 10 nitrogen and oxygen atoms in total. The molecular formula is C22H23N5O5S. The third-order valence-electron chi connectivity index (χ3n) is 6.74. The Morgan fingerprint density at radius 2 is 1.85 bits per heavy atom. The third kappa shape index (κ3) is 3.62. The van der Waals surface area contributed by atoms with Gasteiger partial charge in [0.1, 0.15) is 17.5 Å². The highest BCUT2D eigenvalue weighted by atomic mass is 32.2. The average Bonchev–Trinajstić information content (AvgIpc) is 3.42. The Labute approximate surface area is 190 Å². The van der Waals surface area contributed by atoms with E-state index in [4.69, 9.17) is 0 Å². The summed E-state index contributed by atoms with van der Waals surface area (Å²) >= 11 is 0. The number of H-pyrrole nitrogens is 1. The van der Waals surface area contributed by atoms with E-state index in [1.54, 1.807) is 30.5 Å². The maximum absolute atomic E-state index is 13.9. The SMILES string of the molecule is O=C1CCC2(CCC(N(c3c([N+](=O)[O-])cnc4[nH]ccc34)S(=O)(=O)c3ccccc3)CC2)N1. The van der Waals surface area contributed by atoms with Gasteiger partial charge in [0.15, 0.2) is 0 Å². The van der Waals surface area contributed by atoms with Gasteiger partial charge in [-0.05, 0) is 50.3 Å². The number of sulfonamides is 1. The topological polar surface area (TPSA) is 138 Å². The number of hydrogen-bond donors (Lipinski definition) is 2. The Morgan fingerprint density at radius 1 is 1.12 bits per heavy atom. The first kappa shape index (κ1) is 21.4. The number of nitrogens with one attached hydrogen (secondary N) is 2. The minimum atomic E-state index is -4.13. The van der Waals surface area contributed by atoms with Gasteiger partial charge in [-0.15, -0.1) is 0 Å². The minimum absolute atomic E-state index is 0.0148. The number of anilines is 1. The molecule has 1 saturated heterocycles. The molecule has 2 aliphatic rings. The number of rotatable bonds is 5. The summed E-state index contributed by atoms with van der Waals surface area (Å²) in [5, 5.41) is 15.4. The first-order valence-corrected chi connectivity index (χ1v) is 12.3. The zero-order valence-electron chi connectivity index (χ0n) is 17.7. The van der Waals surface area contributed by atoms with Gasteiger partial charge in [0, 0.05) is 24.2 Å². The molecule has 0 atom stereocenters. The van der Waals surface area contributed by atoms with E-state index in [9.17, 15) is 23.3 Å². The summed E-state index contributed by atoms with van der Waals surface area (Å²) in [5.74, 6) is 0.0148. The predicted molar refractivity (Wildman–Crippen MR) is 121 cm³/mol. The van der Waals surface area contributed by atoms with E-state index >= 15 is 0 Å². The fourth-order valence-electron chi connectivity index (χ4n) is 5.09. The molecule has 2 N–H and O–H groups in total. The molecule has 2 fully saturated rings. The zero-order valence-corrected chi connectivity index (χ0v) is 18.5. The number of carbonyl (C=O) groups is 1. The first-order chi connectivity index (χ1) is 15.8. The third-order valence-corrected chi connectivity index (χ3v) is 8.60. The fourth-order valence-corrected chi connectivity index (χ4v) is 6.86. The number of fused-ring (bicyclic) bond motifs is 1. The zero-order chi connectivity index (χ0) is 23.2. The van der Waals surface area contributed by atoms with Crippen molar-refractivity contribution in [2.75, 3.05) is 4.31 Å². The maximum atomic E-state index is 13.9. The number of pyridine rings is 1. The highest BCUT2D eigenvalue weighted by Gasteiger charge is 2.45. The van der Waals surface area contributed by atoms with E-state index in [2.05, 4.69) is 15.3 Å². The minimum Gasteiger partial charge on any atom is -0.351 e. The van der Waals surface area contributed by atoms with Crippen molar-refractivity contribution >= 4 is 38.3 Å². The molecule has 11 heteroatoms. The van der Waals surface area contributed by atoms with Crippen LogP contribution in [0, 0.1) is 10.1 Å². The van der Waals surface area contributed by atoms with Crippen LogP contribution >= 0.6 is 0 Å². The molecule has 2 aromatic heterocycles. The van der Waals surface area contributed by atoms with Gasteiger partial charge in [0.05, 0.1) is 15.2 Å². The van der Waals surface area contributed by atoms with Crippen LogP contribution in [0.15, 0.2) is 53.7 Å². The van der Waals surface area contributed by atoms with Crippen LogP contribution in [0.2, 0.25) is 0 Å². The van der Waals surface area contributed by atoms with Gasteiger partial charge in [-0.3, -0.25) is 19.2 Å². The molecule has 5 rings (SSSR count). The van der Waals surface area contributed by atoms with E-state index in [1.165, 1.54) is 16.4 Å². The lowest BCUT2D eigenvalue weighted by atomic mass is 9.78. The largest absolute Gasteiger partial charge is 0.351 e. The standard InChI is InChI=1S/C22H23N5O5S/c28-19-8-12-22(25-19)10-6-15(7-11-22)26(33(31,32)16-4-2-1-3-5-16)20-17-9-13-23-21(17)24-14-18(20)27(29)30/h1-5,9,13-15H,6-8,10-12H2,(H,23,24)(H,25,28). The molecule has 1 spiro atoms. The summed E-state index contributed by atoms with van der Waals surface area (Å²) in [6.07, 6.45) is 6.04. The van der Waals surface area contributed by atoms with E-state index in [0.717, 1.165) is 12.6 Å². The maximum Gasteiger partial charge on any atom is 0.312 e. The molecule has 33 heavy (non-hydrogen) atoms. The van der Waals surface area contributed by atoms with Crippen LogP contribution in [0.1, 0.15) is 38.5 Å². The summed E-state index contributed by atoms with van der Waals surface area (Å²) in [7, 11) is -4.13. The molecule has 3 heterocycles. The number of aromatic nitrogens is 2. The van der Waals surface area contributed by atoms with Gasteiger partial charge >= 0.3 is 5.69 Å². The monoisotopic (exact) mass is 469 g/mol. The molecule has 172 valence electrons. The summed E-state index contributed by atoms with van der Waals surface area (Å²) in [5.41, 5.74) is -0.287. The summed E-state index contributed by atoms with van der Waals surface area (Å²) < 4.78 is 29.1. The van der Waals surface area contributed by atoms with Crippen molar-refractivity contribution in [3.63, 3.8) is 0 Å². The second-order valence-electron chi connectivity index (χ2n) is 8.66. The number of benzene rings is 1. The average molecular weight is 470 g/mol. The smallest absolute Gasteiger partial charge is 0.312 e. The Morgan fingerprint density at radius 3 is 2.48 bits per heavy atom. The van der Waals surface area contributed by atoms with Crippen LogP contribution in [-0.4, -0.2) is 40.8 Å². The van der Waals surface area contributed by atoms with E-state index in [0.29, 0.717) is 43.1 Å². The van der Waals surface area contributed by atoms with Crippen LogP contribution in [-0.2, 0) is 14.8 Å². The van der Waals surface area contributed by atoms with E-state index < -0.39 is 21.0 Å². The quantitative estimate of drug-likeness (QED) is 0.434. The van der Waals surface area contributed by atoms with Gasteiger partial charge in [0.2, 0.25) is 5.91 Å². The van der Waals surface area contributed by atoms with Crippen molar-refractivity contribution in [1.29, 1.82) is 0 Å². The highest BCUT2D eigenvalue weighted by molar-refractivity contribution is 7.93. The molecule has 0 unspecified atom stereocenters. The normalized spacial score (nSPS) is 23.0. The van der Waals surface area contributed by atoms with Crippen molar-refractivity contribution < 1.29 is 18.1 Å². The van der Waals surface area contributed by atoms with Gasteiger partial charge in [-0.25, -0.2) is 13.4 Å². The number of carbonyl (C=O) groups excluding carboxylic acids is 1. The van der Waals surface area contributed by atoms with E-state index in [-0.39, 0.29) is 27.7 Å². The number of amides is 1. The summed E-state index contributed by atoms with van der Waals surface area (Å²) in [4.78, 5) is 30.3. The lowest BCUT2D eigenvalue weighted by Gasteiger charge is -2.41. The Bertz CT molecular complexity index is 1330. The molecule has 0 radical (unpaired) electrons. The van der Waals surface area contributed by atoms with Crippen molar-refractivity contribution in [2.24, 2.45) is 0 Å². The number of aromatic amines is 1.